The summed E-state index contributed by atoms with van der Waals surface area (Å²) in [6, 6.07) is 3.64. The fourth-order valence-electron chi connectivity index (χ4n) is 1.92. The van der Waals surface area contributed by atoms with Crippen molar-refractivity contribution in [1.29, 1.82) is 0 Å². The van der Waals surface area contributed by atoms with E-state index in [1.54, 1.807) is 0 Å². The molecule has 0 atom stereocenters. The van der Waals surface area contributed by atoms with E-state index in [0.717, 1.165) is 0 Å². The topological polar surface area (TPSA) is 9.23 Å². The fourth-order valence-corrected chi connectivity index (χ4v) is 4.28. The highest BCUT2D eigenvalue weighted by molar-refractivity contribution is 6.73. The van der Waals surface area contributed by atoms with Crippen LogP contribution in [0.3, 0.4) is 0 Å². The lowest BCUT2D eigenvalue weighted by molar-refractivity contribution is 0.458. The third kappa shape index (κ3) is 7.43. The standard InChI is InChI=1S/C15H30OSi/c1-5-9-10-11-12-13-14-15-16-17(6-2,7-3)8-4/h12-15H,5-11H2,1-4H3. The maximum absolute atomic E-state index is 6.01. The third-order valence-electron chi connectivity index (χ3n) is 3.55. The van der Waals surface area contributed by atoms with E-state index in [9.17, 15) is 0 Å². The third-order valence-corrected chi connectivity index (χ3v) is 8.05. The molecule has 0 aromatic carbocycles. The summed E-state index contributed by atoms with van der Waals surface area (Å²) < 4.78 is 6.01. The molecule has 0 bridgehead atoms. The smallest absolute Gasteiger partial charge is 0.249 e. The van der Waals surface area contributed by atoms with Crippen LogP contribution in [0.5, 0.6) is 0 Å². The predicted octanol–water partition coefficient (Wildman–Crippen LogP) is 5.66. The highest BCUT2D eigenvalue weighted by Crippen LogP contribution is 2.21. The lowest BCUT2D eigenvalue weighted by atomic mass is 10.2. The first-order valence-electron chi connectivity index (χ1n) is 7.24. The van der Waals surface area contributed by atoms with E-state index in [0.29, 0.717) is 0 Å². The molecule has 0 spiro atoms. The Morgan fingerprint density at radius 2 is 1.53 bits per heavy atom. The summed E-state index contributed by atoms with van der Waals surface area (Å²) in [7, 11) is -1.42. The van der Waals surface area contributed by atoms with Crippen LogP contribution in [0, 0.1) is 0 Å². The molecule has 0 aliphatic heterocycles. The molecule has 0 aliphatic rings. The van der Waals surface area contributed by atoms with Gasteiger partial charge in [-0.05, 0) is 37.0 Å². The molecule has 17 heavy (non-hydrogen) atoms. The molecule has 0 aromatic rings. The molecule has 0 N–H and O–H groups in total. The molecule has 0 fully saturated rings. The lowest BCUT2D eigenvalue weighted by Gasteiger charge is -2.26. The molecule has 0 unspecified atom stereocenters. The van der Waals surface area contributed by atoms with Crippen molar-refractivity contribution in [2.45, 2.75) is 71.5 Å². The Balaban J connectivity index is 3.85. The average molecular weight is 254 g/mol. The highest BCUT2D eigenvalue weighted by atomic mass is 28.4. The Kier molecular flexibility index (Phi) is 10.3. The summed E-state index contributed by atoms with van der Waals surface area (Å²) in [6.07, 6.45) is 13.5. The van der Waals surface area contributed by atoms with E-state index in [2.05, 4.69) is 45.9 Å². The van der Waals surface area contributed by atoms with Gasteiger partial charge in [0.2, 0.25) is 8.32 Å². The minimum absolute atomic E-state index is 1.19. The van der Waals surface area contributed by atoms with Gasteiger partial charge in [0.15, 0.2) is 0 Å². The van der Waals surface area contributed by atoms with Gasteiger partial charge in [-0.1, -0.05) is 52.7 Å². The normalized spacial score (nSPS) is 12.7. The largest absolute Gasteiger partial charge is 0.549 e. The molecular weight excluding hydrogens is 224 g/mol. The van der Waals surface area contributed by atoms with Gasteiger partial charge >= 0.3 is 0 Å². The van der Waals surface area contributed by atoms with Gasteiger partial charge in [0.1, 0.15) is 0 Å². The van der Waals surface area contributed by atoms with E-state index < -0.39 is 8.32 Å². The van der Waals surface area contributed by atoms with Gasteiger partial charge in [-0.15, -0.1) is 0 Å². The quantitative estimate of drug-likeness (QED) is 0.211. The molecule has 0 radical (unpaired) electrons. The van der Waals surface area contributed by atoms with Crippen molar-refractivity contribution in [3.63, 3.8) is 0 Å². The monoisotopic (exact) mass is 254 g/mol. The zero-order valence-electron chi connectivity index (χ0n) is 12.2. The van der Waals surface area contributed by atoms with Crippen molar-refractivity contribution in [1.82, 2.24) is 0 Å². The van der Waals surface area contributed by atoms with Crippen LogP contribution in [-0.2, 0) is 4.43 Å². The summed E-state index contributed by atoms with van der Waals surface area (Å²) in [5.74, 6) is 0. The Labute approximate surface area is 109 Å². The van der Waals surface area contributed by atoms with Crippen molar-refractivity contribution < 1.29 is 4.43 Å². The number of rotatable bonds is 10. The first-order valence-corrected chi connectivity index (χ1v) is 9.77. The van der Waals surface area contributed by atoms with Crippen LogP contribution >= 0.6 is 0 Å². The van der Waals surface area contributed by atoms with Crippen molar-refractivity contribution in [3.8, 4) is 0 Å². The Morgan fingerprint density at radius 3 is 2.06 bits per heavy atom. The van der Waals surface area contributed by atoms with Gasteiger partial charge < -0.3 is 4.43 Å². The van der Waals surface area contributed by atoms with E-state index in [1.807, 2.05) is 6.26 Å². The van der Waals surface area contributed by atoms with Crippen LogP contribution in [0.25, 0.3) is 0 Å². The second-order valence-electron chi connectivity index (χ2n) is 4.61. The van der Waals surface area contributed by atoms with Crippen LogP contribution in [0.1, 0.15) is 53.4 Å². The average Bonchev–Trinajstić information content (AvgIpc) is 2.38. The molecule has 0 saturated carbocycles. The van der Waals surface area contributed by atoms with E-state index in [4.69, 9.17) is 4.43 Å². The van der Waals surface area contributed by atoms with Gasteiger partial charge in [-0.2, -0.15) is 0 Å². The Hall–Kier alpha value is -0.503. The first kappa shape index (κ1) is 16.5. The molecule has 0 aliphatic carbocycles. The van der Waals surface area contributed by atoms with Crippen LogP contribution in [0.2, 0.25) is 18.1 Å². The fraction of sp³-hybridized carbons (Fsp3) is 0.733. The number of hydrogen-bond donors (Lipinski definition) is 0. The lowest BCUT2D eigenvalue weighted by Crippen LogP contribution is -2.33. The summed E-state index contributed by atoms with van der Waals surface area (Å²) in [4.78, 5) is 0. The van der Waals surface area contributed by atoms with Crippen molar-refractivity contribution in [2.24, 2.45) is 0 Å². The van der Waals surface area contributed by atoms with Crippen molar-refractivity contribution in [3.05, 3.63) is 24.5 Å². The molecule has 0 amide bonds. The van der Waals surface area contributed by atoms with Crippen LogP contribution in [0.15, 0.2) is 24.5 Å². The van der Waals surface area contributed by atoms with E-state index >= 15 is 0 Å². The summed E-state index contributed by atoms with van der Waals surface area (Å²) in [5.41, 5.74) is 0. The molecule has 0 rings (SSSR count). The van der Waals surface area contributed by atoms with Crippen LogP contribution < -0.4 is 0 Å². The second-order valence-corrected chi connectivity index (χ2v) is 9.34. The zero-order chi connectivity index (χ0) is 13.0. The van der Waals surface area contributed by atoms with Crippen LogP contribution in [-0.4, -0.2) is 8.32 Å². The zero-order valence-corrected chi connectivity index (χ0v) is 13.2. The van der Waals surface area contributed by atoms with Gasteiger partial charge in [-0.25, -0.2) is 0 Å². The second kappa shape index (κ2) is 10.6. The maximum Gasteiger partial charge on any atom is 0.249 e. The van der Waals surface area contributed by atoms with E-state index in [1.165, 1.54) is 43.8 Å². The Morgan fingerprint density at radius 1 is 0.882 bits per heavy atom. The molecule has 0 heterocycles. The molecule has 100 valence electrons. The first-order chi connectivity index (χ1) is 8.24. The van der Waals surface area contributed by atoms with Crippen LogP contribution in [0.4, 0.5) is 0 Å². The van der Waals surface area contributed by atoms with Crippen molar-refractivity contribution >= 4 is 8.32 Å². The van der Waals surface area contributed by atoms with Gasteiger partial charge in [0.05, 0.1) is 6.26 Å². The summed E-state index contributed by atoms with van der Waals surface area (Å²) in [5, 5.41) is 0. The SMILES string of the molecule is CCCCCC=CC=CO[Si](CC)(CC)CC. The molecular formula is C15H30OSi. The summed E-state index contributed by atoms with van der Waals surface area (Å²) >= 11 is 0. The van der Waals surface area contributed by atoms with Gasteiger partial charge in [0, 0.05) is 0 Å². The minimum Gasteiger partial charge on any atom is -0.549 e. The Bertz CT molecular complexity index is 209. The van der Waals surface area contributed by atoms with Gasteiger partial charge in [0.25, 0.3) is 0 Å². The molecule has 0 aromatic heterocycles. The minimum atomic E-state index is -1.42. The van der Waals surface area contributed by atoms with Crippen molar-refractivity contribution in [2.75, 3.05) is 0 Å². The number of hydrogen-bond acceptors (Lipinski definition) is 1. The van der Waals surface area contributed by atoms with Gasteiger partial charge in [-0.3, -0.25) is 0 Å². The molecule has 0 saturated heterocycles. The molecule has 2 heteroatoms. The molecule has 1 nitrogen and oxygen atoms in total. The predicted molar refractivity (Wildman–Crippen MR) is 80.7 cm³/mol. The van der Waals surface area contributed by atoms with E-state index in [-0.39, 0.29) is 0 Å². The maximum atomic E-state index is 6.01. The highest BCUT2D eigenvalue weighted by Gasteiger charge is 2.28. The number of allylic oxidation sites excluding steroid dienone is 3. The number of unbranched alkanes of at least 4 members (excludes halogenated alkanes) is 3. The summed E-state index contributed by atoms with van der Waals surface area (Å²) in [6.45, 7) is 9.01.